The summed E-state index contributed by atoms with van der Waals surface area (Å²) in [7, 11) is 0. The number of rotatable bonds is 4. The smallest absolute Gasteiger partial charge is 0.181 e. The highest BCUT2D eigenvalue weighted by molar-refractivity contribution is 6.12. The SMILES string of the molecule is N#Cc1cnc2c(c1)CCC2Nc1ccc(N)c(C(=N)c2cnco2)c1. The number of nitrogen functional groups attached to an aromatic ring is 1. The molecule has 4 rings (SSSR count). The molecule has 2 heterocycles. The van der Waals surface area contributed by atoms with E-state index in [1.165, 1.54) is 12.6 Å². The number of oxazole rings is 1. The van der Waals surface area contributed by atoms with Gasteiger partial charge in [-0.05, 0) is 42.7 Å². The summed E-state index contributed by atoms with van der Waals surface area (Å²) in [5.74, 6) is 0.366. The summed E-state index contributed by atoms with van der Waals surface area (Å²) in [5, 5.41) is 20.8. The highest BCUT2D eigenvalue weighted by atomic mass is 16.3. The summed E-state index contributed by atoms with van der Waals surface area (Å²) in [6.45, 7) is 0. The van der Waals surface area contributed by atoms with Crippen LogP contribution >= 0.6 is 0 Å². The lowest BCUT2D eigenvalue weighted by Gasteiger charge is -2.16. The molecule has 0 saturated carbocycles. The van der Waals surface area contributed by atoms with Crippen LogP contribution in [-0.2, 0) is 6.42 Å². The molecule has 0 aliphatic heterocycles. The van der Waals surface area contributed by atoms with Crippen molar-refractivity contribution in [3.8, 4) is 6.07 Å². The summed E-state index contributed by atoms with van der Waals surface area (Å²) in [6, 6.07) is 9.58. The van der Waals surface area contributed by atoms with E-state index in [0.29, 0.717) is 22.6 Å². The molecule has 4 N–H and O–H groups in total. The zero-order valence-electron chi connectivity index (χ0n) is 13.9. The first-order chi connectivity index (χ1) is 12.7. The van der Waals surface area contributed by atoms with Gasteiger partial charge in [0.05, 0.1) is 23.5 Å². The van der Waals surface area contributed by atoms with Gasteiger partial charge in [0.15, 0.2) is 12.2 Å². The minimum Gasteiger partial charge on any atom is -0.442 e. The Labute approximate surface area is 150 Å². The van der Waals surface area contributed by atoms with Gasteiger partial charge >= 0.3 is 0 Å². The molecule has 1 atom stereocenters. The third-order valence-electron chi connectivity index (χ3n) is 4.51. The van der Waals surface area contributed by atoms with Gasteiger partial charge in [0.25, 0.3) is 0 Å². The summed E-state index contributed by atoms with van der Waals surface area (Å²) in [6.07, 6.45) is 6.17. The van der Waals surface area contributed by atoms with Crippen LogP contribution in [0.4, 0.5) is 11.4 Å². The Hall–Kier alpha value is -3.66. The van der Waals surface area contributed by atoms with Gasteiger partial charge in [0.1, 0.15) is 11.8 Å². The molecule has 1 aliphatic carbocycles. The van der Waals surface area contributed by atoms with Crippen LogP contribution in [0.3, 0.4) is 0 Å². The molecule has 2 aromatic heterocycles. The van der Waals surface area contributed by atoms with Crippen molar-refractivity contribution in [2.24, 2.45) is 0 Å². The molecular weight excluding hydrogens is 328 g/mol. The van der Waals surface area contributed by atoms with Crippen LogP contribution in [0, 0.1) is 16.7 Å². The third-order valence-corrected chi connectivity index (χ3v) is 4.51. The average molecular weight is 344 g/mol. The predicted molar refractivity (Wildman–Crippen MR) is 96.9 cm³/mol. The number of hydrogen-bond acceptors (Lipinski definition) is 7. The molecule has 0 bridgehead atoms. The third kappa shape index (κ3) is 2.78. The Morgan fingerprint density at radius 3 is 3.00 bits per heavy atom. The van der Waals surface area contributed by atoms with Crippen LogP contribution in [-0.4, -0.2) is 15.7 Å². The number of anilines is 2. The van der Waals surface area contributed by atoms with Crippen molar-refractivity contribution < 1.29 is 4.42 Å². The van der Waals surface area contributed by atoms with E-state index in [9.17, 15) is 0 Å². The van der Waals surface area contributed by atoms with E-state index >= 15 is 0 Å². The first-order valence-electron chi connectivity index (χ1n) is 8.18. The van der Waals surface area contributed by atoms with E-state index in [4.69, 9.17) is 20.8 Å². The normalized spacial score (nSPS) is 15.3. The van der Waals surface area contributed by atoms with Crippen LogP contribution in [0.1, 0.15) is 40.6 Å². The van der Waals surface area contributed by atoms with Crippen molar-refractivity contribution in [2.75, 3.05) is 11.1 Å². The lowest BCUT2D eigenvalue weighted by atomic mass is 10.0. The fraction of sp³-hybridized carbons (Fsp3) is 0.158. The molecule has 1 unspecified atom stereocenters. The zero-order chi connectivity index (χ0) is 18.1. The van der Waals surface area contributed by atoms with Crippen LogP contribution in [0.2, 0.25) is 0 Å². The number of pyridine rings is 1. The van der Waals surface area contributed by atoms with Crippen molar-refractivity contribution >= 4 is 17.1 Å². The second-order valence-corrected chi connectivity index (χ2v) is 6.16. The van der Waals surface area contributed by atoms with Crippen LogP contribution < -0.4 is 11.1 Å². The van der Waals surface area contributed by atoms with E-state index in [1.807, 2.05) is 18.2 Å². The van der Waals surface area contributed by atoms with Gasteiger partial charge in [0, 0.05) is 23.1 Å². The number of aryl methyl sites for hydroxylation is 1. The van der Waals surface area contributed by atoms with Crippen molar-refractivity contribution in [2.45, 2.75) is 18.9 Å². The van der Waals surface area contributed by atoms with E-state index < -0.39 is 0 Å². The van der Waals surface area contributed by atoms with Crippen molar-refractivity contribution in [3.63, 3.8) is 0 Å². The van der Waals surface area contributed by atoms with Crippen molar-refractivity contribution in [1.82, 2.24) is 9.97 Å². The summed E-state index contributed by atoms with van der Waals surface area (Å²) < 4.78 is 5.20. The van der Waals surface area contributed by atoms with Crippen LogP contribution in [0.15, 0.2) is 47.5 Å². The van der Waals surface area contributed by atoms with Gasteiger partial charge in [-0.1, -0.05) is 0 Å². The standard InChI is InChI=1S/C19H16N6O/c20-7-11-5-12-1-4-16(19(12)24-8-11)25-13-2-3-15(21)14(6-13)18(22)17-9-23-10-26-17/h2-3,5-6,8-10,16,22,25H,1,4,21H2. The first kappa shape index (κ1) is 15.8. The van der Waals surface area contributed by atoms with Crippen molar-refractivity contribution in [3.05, 3.63) is 71.2 Å². The molecule has 26 heavy (non-hydrogen) atoms. The molecule has 7 nitrogen and oxygen atoms in total. The highest BCUT2D eigenvalue weighted by Gasteiger charge is 2.24. The van der Waals surface area contributed by atoms with Gasteiger partial charge in [-0.2, -0.15) is 5.26 Å². The topological polar surface area (TPSA) is 125 Å². The lowest BCUT2D eigenvalue weighted by molar-refractivity contribution is 0.548. The largest absolute Gasteiger partial charge is 0.442 e. The molecule has 3 aromatic rings. The maximum atomic E-state index is 9.01. The number of benzene rings is 1. The van der Waals surface area contributed by atoms with Gasteiger partial charge < -0.3 is 15.5 Å². The maximum absolute atomic E-state index is 9.01. The molecule has 1 aromatic carbocycles. The molecule has 0 amide bonds. The fourth-order valence-electron chi connectivity index (χ4n) is 3.21. The number of nitrogens with zero attached hydrogens (tertiary/aromatic N) is 3. The Balaban J connectivity index is 1.60. The number of aromatic nitrogens is 2. The van der Waals surface area contributed by atoms with Gasteiger partial charge in [-0.25, -0.2) is 4.98 Å². The van der Waals surface area contributed by atoms with Gasteiger partial charge in [-0.3, -0.25) is 10.4 Å². The fourth-order valence-corrected chi connectivity index (χ4v) is 3.21. The molecule has 0 fully saturated rings. The van der Waals surface area contributed by atoms with E-state index in [1.54, 1.807) is 12.3 Å². The Kier molecular flexibility index (Phi) is 3.86. The molecular formula is C19H16N6O. The summed E-state index contributed by atoms with van der Waals surface area (Å²) in [5.41, 5.74) is 10.8. The average Bonchev–Trinajstić information content (AvgIpc) is 3.32. The van der Waals surface area contributed by atoms with Crippen molar-refractivity contribution in [1.29, 1.82) is 10.7 Å². The molecule has 0 saturated heterocycles. The molecule has 0 radical (unpaired) electrons. The minimum absolute atomic E-state index is 0.0636. The minimum atomic E-state index is 0.0636. The summed E-state index contributed by atoms with van der Waals surface area (Å²) in [4.78, 5) is 8.30. The number of nitriles is 1. The summed E-state index contributed by atoms with van der Waals surface area (Å²) >= 11 is 0. The molecule has 1 aliphatic rings. The molecule has 128 valence electrons. The Morgan fingerprint density at radius 1 is 1.35 bits per heavy atom. The number of nitrogens with one attached hydrogen (secondary N) is 2. The monoisotopic (exact) mass is 344 g/mol. The van der Waals surface area contributed by atoms with Gasteiger partial charge in [-0.15, -0.1) is 0 Å². The molecule has 7 heteroatoms. The maximum Gasteiger partial charge on any atom is 0.181 e. The van der Waals surface area contributed by atoms with E-state index in [0.717, 1.165) is 29.8 Å². The second-order valence-electron chi connectivity index (χ2n) is 6.16. The first-order valence-corrected chi connectivity index (χ1v) is 8.18. The Bertz CT molecular complexity index is 1020. The number of nitrogens with two attached hydrogens (primary N) is 1. The van der Waals surface area contributed by atoms with Crippen LogP contribution in [0.25, 0.3) is 0 Å². The molecule has 0 spiro atoms. The Morgan fingerprint density at radius 2 is 2.23 bits per heavy atom. The second kappa shape index (κ2) is 6.33. The van der Waals surface area contributed by atoms with E-state index in [2.05, 4.69) is 21.4 Å². The van der Waals surface area contributed by atoms with E-state index in [-0.39, 0.29) is 11.8 Å². The lowest BCUT2D eigenvalue weighted by Crippen LogP contribution is -2.11. The van der Waals surface area contributed by atoms with Crippen LogP contribution in [0.5, 0.6) is 0 Å². The van der Waals surface area contributed by atoms with Gasteiger partial charge in [0.2, 0.25) is 0 Å². The zero-order valence-corrected chi connectivity index (χ0v) is 13.9. The quantitative estimate of drug-likeness (QED) is 0.493. The predicted octanol–water partition coefficient (Wildman–Crippen LogP) is 3.04. The highest BCUT2D eigenvalue weighted by Crippen LogP contribution is 2.33. The number of hydrogen-bond donors (Lipinski definition) is 3. The number of fused-ring (bicyclic) bond motifs is 1.